The second kappa shape index (κ2) is 6.22. The predicted molar refractivity (Wildman–Crippen MR) is 73.1 cm³/mol. The SMILES string of the molecule is O=C(CCc1cccc(Br)c1)c1cc(F)c(F)c(F)c1. The second-order valence-electron chi connectivity index (χ2n) is 4.31. The van der Waals surface area contributed by atoms with Gasteiger partial charge in [-0.3, -0.25) is 4.79 Å². The van der Waals surface area contributed by atoms with Crippen LogP contribution < -0.4 is 0 Å². The molecule has 2 aromatic carbocycles. The number of carbonyl (C=O) groups is 1. The Hall–Kier alpha value is -1.62. The molecule has 0 saturated heterocycles. The lowest BCUT2D eigenvalue weighted by Gasteiger charge is -2.04. The van der Waals surface area contributed by atoms with Crippen LogP contribution in [0.4, 0.5) is 13.2 Å². The van der Waals surface area contributed by atoms with Crippen molar-refractivity contribution in [3.8, 4) is 0 Å². The standard InChI is InChI=1S/C15H10BrF3O/c16-11-3-1-2-9(6-11)4-5-14(20)10-7-12(17)15(19)13(18)8-10/h1-3,6-8H,4-5H2. The van der Waals surface area contributed by atoms with Crippen molar-refractivity contribution in [3.05, 3.63) is 69.4 Å². The van der Waals surface area contributed by atoms with Crippen molar-refractivity contribution in [2.24, 2.45) is 0 Å². The minimum Gasteiger partial charge on any atom is -0.294 e. The summed E-state index contributed by atoms with van der Waals surface area (Å²) < 4.78 is 39.8. The normalized spacial score (nSPS) is 10.6. The van der Waals surface area contributed by atoms with Crippen molar-refractivity contribution >= 4 is 21.7 Å². The van der Waals surface area contributed by atoms with E-state index in [0.29, 0.717) is 6.42 Å². The Morgan fingerprint density at radius 3 is 2.30 bits per heavy atom. The topological polar surface area (TPSA) is 17.1 Å². The number of Topliss-reactive ketones (excluding diaryl/α,β-unsaturated/α-hetero) is 1. The van der Waals surface area contributed by atoms with Gasteiger partial charge in [0.2, 0.25) is 0 Å². The fourth-order valence-corrected chi connectivity index (χ4v) is 2.26. The highest BCUT2D eigenvalue weighted by molar-refractivity contribution is 9.10. The van der Waals surface area contributed by atoms with Gasteiger partial charge in [-0.15, -0.1) is 0 Å². The van der Waals surface area contributed by atoms with Gasteiger partial charge < -0.3 is 0 Å². The third-order valence-corrected chi connectivity index (χ3v) is 3.33. The van der Waals surface area contributed by atoms with E-state index in [-0.39, 0.29) is 12.0 Å². The Morgan fingerprint density at radius 1 is 1.05 bits per heavy atom. The number of hydrogen-bond acceptors (Lipinski definition) is 1. The summed E-state index contributed by atoms with van der Waals surface area (Å²) in [4.78, 5) is 11.9. The van der Waals surface area contributed by atoms with E-state index in [2.05, 4.69) is 15.9 Å². The maximum absolute atomic E-state index is 13.0. The molecule has 1 nitrogen and oxygen atoms in total. The average molecular weight is 343 g/mol. The van der Waals surface area contributed by atoms with E-state index in [9.17, 15) is 18.0 Å². The maximum atomic E-state index is 13.0. The first kappa shape index (κ1) is 14.8. The molecule has 0 N–H and O–H groups in total. The Kier molecular flexibility index (Phi) is 4.60. The second-order valence-corrected chi connectivity index (χ2v) is 5.22. The molecule has 0 aliphatic rings. The summed E-state index contributed by atoms with van der Waals surface area (Å²) in [7, 11) is 0. The summed E-state index contributed by atoms with van der Waals surface area (Å²) in [5.74, 6) is -4.69. The van der Waals surface area contributed by atoms with Crippen molar-refractivity contribution in [2.75, 3.05) is 0 Å². The maximum Gasteiger partial charge on any atom is 0.194 e. The van der Waals surface area contributed by atoms with Crippen molar-refractivity contribution < 1.29 is 18.0 Å². The molecule has 0 radical (unpaired) electrons. The average Bonchev–Trinajstić information content (AvgIpc) is 2.41. The van der Waals surface area contributed by atoms with E-state index in [1.807, 2.05) is 24.3 Å². The molecule has 2 aromatic rings. The Balaban J connectivity index is 2.09. The van der Waals surface area contributed by atoms with Crippen molar-refractivity contribution in [1.82, 2.24) is 0 Å². The van der Waals surface area contributed by atoms with Crippen LogP contribution in [0.5, 0.6) is 0 Å². The summed E-state index contributed by atoms with van der Waals surface area (Å²) in [5, 5.41) is 0. The molecule has 0 saturated carbocycles. The summed E-state index contributed by atoms with van der Waals surface area (Å²) in [6.45, 7) is 0. The molecule has 0 fully saturated rings. The van der Waals surface area contributed by atoms with E-state index in [1.165, 1.54) is 0 Å². The number of rotatable bonds is 4. The van der Waals surface area contributed by atoms with Gasteiger partial charge in [-0.25, -0.2) is 13.2 Å². The highest BCUT2D eigenvalue weighted by Gasteiger charge is 2.15. The number of carbonyl (C=O) groups excluding carboxylic acids is 1. The smallest absolute Gasteiger partial charge is 0.194 e. The lowest BCUT2D eigenvalue weighted by Crippen LogP contribution is -2.04. The summed E-state index contributed by atoms with van der Waals surface area (Å²) in [6.07, 6.45) is 0.542. The highest BCUT2D eigenvalue weighted by Crippen LogP contribution is 2.17. The van der Waals surface area contributed by atoms with Gasteiger partial charge in [0, 0.05) is 16.5 Å². The zero-order valence-electron chi connectivity index (χ0n) is 10.3. The van der Waals surface area contributed by atoms with Crippen LogP contribution in [0.3, 0.4) is 0 Å². The van der Waals surface area contributed by atoms with Gasteiger partial charge in [0.15, 0.2) is 23.2 Å². The van der Waals surface area contributed by atoms with Crippen LogP contribution in [-0.4, -0.2) is 5.78 Å². The molecule has 0 aliphatic carbocycles. The van der Waals surface area contributed by atoms with Crippen LogP contribution >= 0.6 is 15.9 Å². The minimum atomic E-state index is -1.56. The Bertz CT molecular complexity index is 632. The lowest BCUT2D eigenvalue weighted by atomic mass is 10.0. The van der Waals surface area contributed by atoms with E-state index >= 15 is 0 Å². The van der Waals surface area contributed by atoms with Crippen LogP contribution in [0.2, 0.25) is 0 Å². The molecule has 0 unspecified atom stereocenters. The molecular weight excluding hydrogens is 333 g/mol. The quantitative estimate of drug-likeness (QED) is 0.582. The fraction of sp³-hybridized carbons (Fsp3) is 0.133. The summed E-state index contributed by atoms with van der Waals surface area (Å²) in [5.41, 5.74) is 0.771. The number of halogens is 4. The van der Waals surface area contributed by atoms with Crippen LogP contribution in [0.15, 0.2) is 40.9 Å². The largest absolute Gasteiger partial charge is 0.294 e. The number of ketones is 1. The third kappa shape index (κ3) is 3.48. The first-order valence-electron chi connectivity index (χ1n) is 5.89. The zero-order valence-corrected chi connectivity index (χ0v) is 11.9. The van der Waals surface area contributed by atoms with E-state index in [4.69, 9.17) is 0 Å². The summed E-state index contributed by atoms with van der Waals surface area (Å²) in [6, 6.07) is 8.85. The van der Waals surface area contributed by atoms with Gasteiger partial charge in [0.05, 0.1) is 0 Å². The minimum absolute atomic E-state index is 0.0982. The van der Waals surface area contributed by atoms with Crippen molar-refractivity contribution in [1.29, 1.82) is 0 Å². The van der Waals surface area contributed by atoms with Crippen molar-refractivity contribution in [2.45, 2.75) is 12.8 Å². The first-order chi connectivity index (χ1) is 9.47. The van der Waals surface area contributed by atoms with Crippen molar-refractivity contribution in [3.63, 3.8) is 0 Å². The molecule has 0 bridgehead atoms. The molecule has 20 heavy (non-hydrogen) atoms. The van der Waals surface area contributed by atoms with Gasteiger partial charge in [0.25, 0.3) is 0 Å². The molecule has 5 heteroatoms. The van der Waals surface area contributed by atoms with Gasteiger partial charge in [-0.2, -0.15) is 0 Å². The van der Waals surface area contributed by atoms with Gasteiger partial charge in [-0.05, 0) is 36.2 Å². The molecule has 0 aliphatic heterocycles. The molecule has 104 valence electrons. The van der Waals surface area contributed by atoms with Crippen LogP contribution in [0, 0.1) is 17.5 Å². The van der Waals surface area contributed by atoms with Crippen LogP contribution in [-0.2, 0) is 6.42 Å². The van der Waals surface area contributed by atoms with Gasteiger partial charge >= 0.3 is 0 Å². The number of hydrogen-bond donors (Lipinski definition) is 0. The van der Waals surface area contributed by atoms with Crippen LogP contribution in [0.25, 0.3) is 0 Å². The van der Waals surface area contributed by atoms with E-state index in [0.717, 1.165) is 22.2 Å². The Morgan fingerprint density at radius 2 is 1.70 bits per heavy atom. The molecular formula is C15H10BrF3O. The van der Waals surface area contributed by atoms with E-state index in [1.54, 1.807) is 0 Å². The van der Waals surface area contributed by atoms with Gasteiger partial charge in [0.1, 0.15) is 0 Å². The molecule has 0 atom stereocenters. The fourth-order valence-electron chi connectivity index (χ4n) is 1.81. The molecule has 0 aromatic heterocycles. The molecule has 2 rings (SSSR count). The molecule has 0 heterocycles. The Labute approximate surface area is 122 Å². The lowest BCUT2D eigenvalue weighted by molar-refractivity contribution is 0.0981. The number of benzene rings is 2. The van der Waals surface area contributed by atoms with Gasteiger partial charge in [-0.1, -0.05) is 28.1 Å². The highest BCUT2D eigenvalue weighted by atomic mass is 79.9. The monoisotopic (exact) mass is 342 g/mol. The molecule has 0 amide bonds. The predicted octanol–water partition coefficient (Wildman–Crippen LogP) is 4.68. The first-order valence-corrected chi connectivity index (χ1v) is 6.69. The van der Waals surface area contributed by atoms with Crippen LogP contribution in [0.1, 0.15) is 22.3 Å². The van der Waals surface area contributed by atoms with E-state index < -0.39 is 23.2 Å². The summed E-state index contributed by atoms with van der Waals surface area (Å²) >= 11 is 3.32. The number of aryl methyl sites for hydroxylation is 1. The zero-order chi connectivity index (χ0) is 14.7. The third-order valence-electron chi connectivity index (χ3n) is 2.84. The molecule has 0 spiro atoms.